The van der Waals surface area contributed by atoms with Gasteiger partial charge < -0.3 is 10.1 Å². The molecule has 1 N–H and O–H groups in total. The largest absolute Gasteiger partial charge is 0.371 e. The predicted octanol–water partition coefficient (Wildman–Crippen LogP) is 0.0316. The normalized spacial score (nSPS) is 19.4. The van der Waals surface area contributed by atoms with Gasteiger partial charge in [-0.05, 0) is 13.0 Å². The van der Waals surface area contributed by atoms with Gasteiger partial charge in [-0.25, -0.2) is 0 Å². The van der Waals surface area contributed by atoms with Gasteiger partial charge in [-0.2, -0.15) is 5.10 Å². The van der Waals surface area contributed by atoms with Gasteiger partial charge in [0.2, 0.25) is 0 Å². The number of amides is 1. The molecule has 1 aromatic rings. The lowest BCUT2D eigenvalue weighted by Crippen LogP contribution is -2.29. The number of ether oxygens (including phenoxy) is 1. The smallest absolute Gasteiger partial charge is 0.269 e. The molecule has 76 valence electrons. The number of epoxide rings is 1. The molecule has 0 bridgehead atoms. The van der Waals surface area contributed by atoms with Crippen LogP contribution in [0.3, 0.4) is 0 Å². The molecule has 1 saturated heterocycles. The van der Waals surface area contributed by atoms with E-state index in [1.165, 1.54) is 0 Å². The Morgan fingerprint density at radius 2 is 2.64 bits per heavy atom. The van der Waals surface area contributed by atoms with Crippen LogP contribution >= 0.6 is 0 Å². The quantitative estimate of drug-likeness (QED) is 0.690. The number of rotatable bonds is 4. The van der Waals surface area contributed by atoms with Crippen molar-refractivity contribution in [1.82, 2.24) is 15.1 Å². The summed E-state index contributed by atoms with van der Waals surface area (Å²) < 4.78 is 6.67. The van der Waals surface area contributed by atoms with E-state index in [1.807, 2.05) is 6.92 Å². The van der Waals surface area contributed by atoms with Crippen molar-refractivity contribution in [1.29, 1.82) is 0 Å². The molecule has 1 unspecified atom stereocenters. The number of hydrogen-bond donors (Lipinski definition) is 1. The van der Waals surface area contributed by atoms with Crippen LogP contribution in [0.1, 0.15) is 17.4 Å². The SMILES string of the molecule is CCn1nccc1C(=O)NCC1CO1. The van der Waals surface area contributed by atoms with Crippen LogP contribution < -0.4 is 5.32 Å². The third-order valence-corrected chi connectivity index (χ3v) is 2.14. The average Bonchev–Trinajstić information content (AvgIpc) is 2.90. The Labute approximate surface area is 82.0 Å². The van der Waals surface area contributed by atoms with E-state index in [0.29, 0.717) is 18.8 Å². The summed E-state index contributed by atoms with van der Waals surface area (Å²) in [6.07, 6.45) is 1.85. The molecule has 5 heteroatoms. The van der Waals surface area contributed by atoms with Crippen LogP contribution in [0.25, 0.3) is 0 Å². The number of aryl methyl sites for hydroxylation is 1. The Bertz CT molecular complexity index is 331. The lowest BCUT2D eigenvalue weighted by molar-refractivity contribution is 0.0939. The molecule has 2 rings (SSSR count). The van der Waals surface area contributed by atoms with Crippen LogP contribution in [-0.2, 0) is 11.3 Å². The number of nitrogens with zero attached hydrogens (tertiary/aromatic N) is 2. The molecular weight excluding hydrogens is 182 g/mol. The third-order valence-electron chi connectivity index (χ3n) is 2.14. The summed E-state index contributed by atoms with van der Waals surface area (Å²) in [5.41, 5.74) is 0.605. The van der Waals surface area contributed by atoms with Crippen molar-refractivity contribution >= 4 is 5.91 Å². The van der Waals surface area contributed by atoms with Crippen molar-refractivity contribution in [3.8, 4) is 0 Å². The maximum absolute atomic E-state index is 11.6. The van der Waals surface area contributed by atoms with Crippen molar-refractivity contribution < 1.29 is 9.53 Å². The van der Waals surface area contributed by atoms with Gasteiger partial charge in [-0.1, -0.05) is 0 Å². The third kappa shape index (κ3) is 1.93. The molecule has 1 aliphatic heterocycles. The van der Waals surface area contributed by atoms with Gasteiger partial charge in [0, 0.05) is 19.3 Å². The monoisotopic (exact) mass is 195 g/mol. The summed E-state index contributed by atoms with van der Waals surface area (Å²) in [6, 6.07) is 1.71. The molecule has 0 aromatic carbocycles. The summed E-state index contributed by atoms with van der Waals surface area (Å²) in [5.74, 6) is -0.0835. The van der Waals surface area contributed by atoms with E-state index in [0.717, 1.165) is 6.61 Å². The van der Waals surface area contributed by atoms with Crippen LogP contribution in [0.15, 0.2) is 12.3 Å². The van der Waals surface area contributed by atoms with Gasteiger partial charge in [0.15, 0.2) is 0 Å². The highest BCUT2D eigenvalue weighted by atomic mass is 16.6. The molecule has 1 fully saturated rings. The fraction of sp³-hybridized carbons (Fsp3) is 0.556. The standard InChI is InChI=1S/C9H13N3O2/c1-2-12-8(3-4-11-12)9(13)10-5-7-6-14-7/h3-4,7H,2,5-6H2,1H3,(H,10,13). The summed E-state index contributed by atoms with van der Waals surface area (Å²) in [5, 5.41) is 6.82. The second kappa shape index (κ2) is 3.79. The number of aromatic nitrogens is 2. The fourth-order valence-electron chi connectivity index (χ4n) is 1.26. The van der Waals surface area contributed by atoms with E-state index in [2.05, 4.69) is 10.4 Å². The topological polar surface area (TPSA) is 59.5 Å². The first-order chi connectivity index (χ1) is 6.81. The first-order valence-corrected chi connectivity index (χ1v) is 4.73. The second-order valence-electron chi connectivity index (χ2n) is 3.20. The molecule has 14 heavy (non-hydrogen) atoms. The minimum absolute atomic E-state index is 0.0835. The summed E-state index contributed by atoms with van der Waals surface area (Å²) in [6.45, 7) is 4.00. The minimum atomic E-state index is -0.0835. The lowest BCUT2D eigenvalue weighted by atomic mass is 10.3. The molecule has 0 spiro atoms. The van der Waals surface area contributed by atoms with Crippen LogP contribution in [0.4, 0.5) is 0 Å². The highest BCUT2D eigenvalue weighted by molar-refractivity contribution is 5.92. The Balaban J connectivity index is 1.94. The first-order valence-electron chi connectivity index (χ1n) is 4.73. The fourth-order valence-corrected chi connectivity index (χ4v) is 1.26. The molecule has 0 aliphatic carbocycles. The first kappa shape index (κ1) is 9.21. The van der Waals surface area contributed by atoms with E-state index in [9.17, 15) is 4.79 Å². The number of carbonyl (C=O) groups is 1. The van der Waals surface area contributed by atoms with Crippen molar-refractivity contribution in [2.45, 2.75) is 19.6 Å². The van der Waals surface area contributed by atoms with Gasteiger partial charge in [-0.3, -0.25) is 9.48 Å². The number of nitrogens with one attached hydrogen (secondary N) is 1. The zero-order valence-electron chi connectivity index (χ0n) is 8.06. The highest BCUT2D eigenvalue weighted by Crippen LogP contribution is 2.07. The van der Waals surface area contributed by atoms with Gasteiger partial charge >= 0.3 is 0 Å². The average molecular weight is 195 g/mol. The molecule has 0 radical (unpaired) electrons. The predicted molar refractivity (Wildman–Crippen MR) is 50.0 cm³/mol. The Hall–Kier alpha value is -1.36. The van der Waals surface area contributed by atoms with Crippen molar-refractivity contribution in [3.63, 3.8) is 0 Å². The zero-order valence-corrected chi connectivity index (χ0v) is 8.06. The lowest BCUT2D eigenvalue weighted by Gasteiger charge is -2.04. The maximum atomic E-state index is 11.6. The van der Waals surface area contributed by atoms with Crippen LogP contribution in [0.5, 0.6) is 0 Å². The Morgan fingerprint density at radius 1 is 1.86 bits per heavy atom. The minimum Gasteiger partial charge on any atom is -0.371 e. The van der Waals surface area contributed by atoms with Gasteiger partial charge in [0.1, 0.15) is 5.69 Å². The maximum Gasteiger partial charge on any atom is 0.269 e. The zero-order chi connectivity index (χ0) is 9.97. The highest BCUT2D eigenvalue weighted by Gasteiger charge is 2.23. The van der Waals surface area contributed by atoms with E-state index in [-0.39, 0.29) is 12.0 Å². The summed E-state index contributed by atoms with van der Waals surface area (Å²) >= 11 is 0. The van der Waals surface area contributed by atoms with E-state index in [4.69, 9.17) is 4.74 Å². The van der Waals surface area contributed by atoms with E-state index < -0.39 is 0 Å². The summed E-state index contributed by atoms with van der Waals surface area (Å²) in [7, 11) is 0. The van der Waals surface area contributed by atoms with E-state index >= 15 is 0 Å². The van der Waals surface area contributed by atoms with Gasteiger partial charge in [0.25, 0.3) is 5.91 Å². The molecule has 2 heterocycles. The molecule has 0 saturated carbocycles. The van der Waals surface area contributed by atoms with Crippen molar-refractivity contribution in [3.05, 3.63) is 18.0 Å². The summed E-state index contributed by atoms with van der Waals surface area (Å²) in [4.78, 5) is 11.6. The van der Waals surface area contributed by atoms with Gasteiger partial charge in [-0.15, -0.1) is 0 Å². The van der Waals surface area contributed by atoms with E-state index in [1.54, 1.807) is 16.9 Å². The second-order valence-corrected chi connectivity index (χ2v) is 3.20. The Morgan fingerprint density at radius 3 is 3.29 bits per heavy atom. The van der Waals surface area contributed by atoms with Crippen molar-refractivity contribution in [2.75, 3.05) is 13.2 Å². The number of carbonyl (C=O) groups excluding carboxylic acids is 1. The number of hydrogen-bond acceptors (Lipinski definition) is 3. The molecule has 1 atom stereocenters. The van der Waals surface area contributed by atoms with Crippen LogP contribution in [0, 0.1) is 0 Å². The molecule has 1 aliphatic rings. The molecular formula is C9H13N3O2. The molecule has 1 amide bonds. The van der Waals surface area contributed by atoms with Crippen LogP contribution in [0.2, 0.25) is 0 Å². The van der Waals surface area contributed by atoms with Gasteiger partial charge in [0.05, 0.1) is 12.7 Å². The van der Waals surface area contributed by atoms with Crippen molar-refractivity contribution in [2.24, 2.45) is 0 Å². The molecule has 1 aromatic heterocycles. The van der Waals surface area contributed by atoms with Crippen LogP contribution in [-0.4, -0.2) is 34.9 Å². The Kier molecular flexibility index (Phi) is 2.49. The molecule has 5 nitrogen and oxygen atoms in total.